The molecule has 2 nitrogen and oxygen atoms in total. The standard InChI is InChI=1S/C10H5Cl4NO/c11-5-1-2-8-6(3-5)7(4-15-8)9(16)10(12,13)14/h1-4,15H. The number of rotatable bonds is 1. The Bertz CT molecular complexity index is 555. The number of carbonyl (C=O) groups excluding carboxylic acids is 1. The average Bonchev–Trinajstić information content (AvgIpc) is 2.57. The number of hydrogen-bond acceptors (Lipinski definition) is 1. The summed E-state index contributed by atoms with van der Waals surface area (Å²) in [5.74, 6) is -0.578. The molecule has 0 bridgehead atoms. The molecule has 84 valence electrons. The fourth-order valence-electron chi connectivity index (χ4n) is 1.43. The maximum Gasteiger partial charge on any atom is 0.253 e. The van der Waals surface area contributed by atoms with Gasteiger partial charge >= 0.3 is 0 Å². The van der Waals surface area contributed by atoms with E-state index in [4.69, 9.17) is 46.4 Å². The summed E-state index contributed by atoms with van der Waals surface area (Å²) in [6.07, 6.45) is 1.51. The Labute approximate surface area is 111 Å². The molecule has 1 aromatic carbocycles. The van der Waals surface area contributed by atoms with Crippen molar-refractivity contribution in [1.82, 2.24) is 4.98 Å². The Balaban J connectivity index is 2.62. The van der Waals surface area contributed by atoms with E-state index in [2.05, 4.69) is 4.98 Å². The van der Waals surface area contributed by atoms with E-state index >= 15 is 0 Å². The first kappa shape index (κ1) is 12.1. The van der Waals surface area contributed by atoms with Crippen molar-refractivity contribution in [3.63, 3.8) is 0 Å². The lowest BCUT2D eigenvalue weighted by Gasteiger charge is -2.07. The molecular formula is C10H5Cl4NO. The maximum atomic E-state index is 11.8. The number of alkyl halides is 3. The predicted molar refractivity (Wildman–Crippen MR) is 67.9 cm³/mol. The summed E-state index contributed by atoms with van der Waals surface area (Å²) in [5.41, 5.74) is 1.08. The van der Waals surface area contributed by atoms with Gasteiger partial charge in [-0.05, 0) is 18.2 Å². The molecule has 0 saturated heterocycles. The number of halogens is 4. The van der Waals surface area contributed by atoms with Crippen molar-refractivity contribution in [2.75, 3.05) is 0 Å². The van der Waals surface area contributed by atoms with Crippen molar-refractivity contribution >= 4 is 63.1 Å². The minimum atomic E-state index is -1.96. The van der Waals surface area contributed by atoms with E-state index in [0.717, 1.165) is 5.52 Å². The molecule has 0 aliphatic rings. The van der Waals surface area contributed by atoms with E-state index in [9.17, 15) is 4.79 Å². The van der Waals surface area contributed by atoms with Gasteiger partial charge in [0.1, 0.15) is 0 Å². The van der Waals surface area contributed by atoms with Gasteiger partial charge in [-0.25, -0.2) is 0 Å². The average molecular weight is 297 g/mol. The van der Waals surface area contributed by atoms with Crippen molar-refractivity contribution in [2.45, 2.75) is 3.79 Å². The first-order chi connectivity index (χ1) is 7.39. The number of aromatic amines is 1. The van der Waals surface area contributed by atoms with E-state index in [0.29, 0.717) is 16.0 Å². The molecule has 0 unspecified atom stereocenters. The Morgan fingerprint density at radius 2 is 1.94 bits per heavy atom. The number of fused-ring (bicyclic) bond motifs is 1. The summed E-state index contributed by atoms with van der Waals surface area (Å²) >= 11 is 22.5. The second kappa shape index (κ2) is 4.11. The van der Waals surface area contributed by atoms with Crippen LogP contribution in [0.4, 0.5) is 0 Å². The first-order valence-corrected chi connectivity index (χ1v) is 5.79. The molecule has 0 spiro atoms. The first-order valence-electron chi connectivity index (χ1n) is 4.28. The van der Waals surface area contributed by atoms with Crippen LogP contribution in [0.5, 0.6) is 0 Å². The van der Waals surface area contributed by atoms with Gasteiger partial charge in [0.05, 0.1) is 0 Å². The molecule has 0 atom stereocenters. The second-order valence-electron chi connectivity index (χ2n) is 3.22. The molecule has 1 heterocycles. The van der Waals surface area contributed by atoms with Gasteiger partial charge in [0.2, 0.25) is 5.78 Å². The Morgan fingerprint density at radius 3 is 2.56 bits per heavy atom. The quantitative estimate of drug-likeness (QED) is 0.615. The zero-order chi connectivity index (χ0) is 11.9. The number of carbonyl (C=O) groups is 1. The molecule has 2 aromatic rings. The predicted octanol–water partition coefficient (Wildman–Crippen LogP) is 4.37. The smallest absolute Gasteiger partial charge is 0.253 e. The van der Waals surface area contributed by atoms with Gasteiger partial charge in [-0.3, -0.25) is 4.79 Å². The molecule has 1 N–H and O–H groups in total. The van der Waals surface area contributed by atoms with Crippen LogP contribution in [0.15, 0.2) is 24.4 Å². The largest absolute Gasteiger partial charge is 0.360 e. The number of ketones is 1. The third kappa shape index (κ3) is 2.16. The zero-order valence-corrected chi connectivity index (χ0v) is 10.8. The third-order valence-electron chi connectivity index (χ3n) is 2.15. The van der Waals surface area contributed by atoms with Crippen LogP contribution in [-0.4, -0.2) is 14.6 Å². The molecular weight excluding hydrogens is 292 g/mol. The minimum Gasteiger partial charge on any atom is -0.360 e. The monoisotopic (exact) mass is 295 g/mol. The van der Waals surface area contributed by atoms with Crippen molar-refractivity contribution in [3.05, 3.63) is 35.0 Å². The van der Waals surface area contributed by atoms with E-state index in [1.54, 1.807) is 18.2 Å². The van der Waals surface area contributed by atoms with Crippen LogP contribution >= 0.6 is 46.4 Å². The van der Waals surface area contributed by atoms with Crippen LogP contribution in [0.1, 0.15) is 10.4 Å². The van der Waals surface area contributed by atoms with E-state index in [-0.39, 0.29) is 0 Å². The van der Waals surface area contributed by atoms with Gasteiger partial charge in [-0.15, -0.1) is 0 Å². The Kier molecular flexibility index (Phi) is 3.10. The highest BCUT2D eigenvalue weighted by Gasteiger charge is 2.33. The van der Waals surface area contributed by atoms with E-state index in [1.807, 2.05) is 0 Å². The van der Waals surface area contributed by atoms with Crippen molar-refractivity contribution < 1.29 is 4.79 Å². The van der Waals surface area contributed by atoms with Crippen molar-refractivity contribution in [1.29, 1.82) is 0 Å². The van der Waals surface area contributed by atoms with Crippen LogP contribution < -0.4 is 0 Å². The van der Waals surface area contributed by atoms with Gasteiger partial charge in [0.25, 0.3) is 3.79 Å². The summed E-state index contributed by atoms with van der Waals surface area (Å²) in [7, 11) is 0. The third-order valence-corrected chi connectivity index (χ3v) is 2.90. The number of Topliss-reactive ketones (excluding diaryl/α,β-unsaturated/α-hetero) is 1. The van der Waals surface area contributed by atoms with E-state index in [1.165, 1.54) is 6.20 Å². The normalized spacial score (nSPS) is 12.0. The van der Waals surface area contributed by atoms with Crippen molar-refractivity contribution in [3.8, 4) is 0 Å². The van der Waals surface area contributed by atoms with Crippen LogP contribution in [-0.2, 0) is 0 Å². The highest BCUT2D eigenvalue weighted by Crippen LogP contribution is 2.33. The van der Waals surface area contributed by atoms with E-state index < -0.39 is 9.58 Å². The van der Waals surface area contributed by atoms with Crippen LogP contribution in [0.25, 0.3) is 10.9 Å². The summed E-state index contributed by atoms with van der Waals surface area (Å²) in [4.78, 5) is 14.7. The van der Waals surface area contributed by atoms with Gasteiger partial charge in [0.15, 0.2) is 0 Å². The molecule has 0 amide bonds. The maximum absolute atomic E-state index is 11.8. The fourth-order valence-corrected chi connectivity index (χ4v) is 1.91. The molecule has 0 aliphatic carbocycles. The van der Waals surface area contributed by atoms with Gasteiger partial charge in [-0.2, -0.15) is 0 Å². The Hall–Kier alpha value is -0.410. The van der Waals surface area contributed by atoms with Gasteiger partial charge < -0.3 is 4.98 Å². The van der Waals surface area contributed by atoms with Crippen LogP contribution in [0.3, 0.4) is 0 Å². The summed E-state index contributed by atoms with van der Waals surface area (Å²) in [5, 5.41) is 1.16. The summed E-state index contributed by atoms with van der Waals surface area (Å²) in [6.45, 7) is 0. The lowest BCUT2D eigenvalue weighted by Crippen LogP contribution is -2.18. The van der Waals surface area contributed by atoms with Crippen LogP contribution in [0.2, 0.25) is 5.02 Å². The Morgan fingerprint density at radius 1 is 1.25 bits per heavy atom. The topological polar surface area (TPSA) is 32.9 Å². The molecule has 0 radical (unpaired) electrons. The molecule has 2 rings (SSSR count). The molecule has 0 saturated carbocycles. The van der Waals surface area contributed by atoms with Crippen LogP contribution in [0, 0.1) is 0 Å². The van der Waals surface area contributed by atoms with Crippen molar-refractivity contribution in [2.24, 2.45) is 0 Å². The summed E-state index contributed by atoms with van der Waals surface area (Å²) in [6, 6.07) is 5.12. The van der Waals surface area contributed by atoms with Gasteiger partial charge in [-0.1, -0.05) is 46.4 Å². The number of benzene rings is 1. The summed E-state index contributed by atoms with van der Waals surface area (Å²) < 4.78 is -1.96. The number of hydrogen-bond donors (Lipinski definition) is 1. The number of aromatic nitrogens is 1. The minimum absolute atomic E-state index is 0.317. The lowest BCUT2D eigenvalue weighted by molar-refractivity contribution is 0.0998. The molecule has 1 aromatic heterocycles. The molecule has 6 heteroatoms. The molecule has 16 heavy (non-hydrogen) atoms. The number of H-pyrrole nitrogens is 1. The van der Waals surface area contributed by atoms with Gasteiger partial charge in [0, 0.05) is 27.7 Å². The lowest BCUT2D eigenvalue weighted by atomic mass is 10.1. The second-order valence-corrected chi connectivity index (χ2v) is 5.94. The fraction of sp³-hybridized carbons (Fsp3) is 0.100. The molecule has 0 aliphatic heterocycles. The highest BCUT2D eigenvalue weighted by molar-refractivity contribution is 6.77. The zero-order valence-electron chi connectivity index (χ0n) is 7.73. The highest BCUT2D eigenvalue weighted by atomic mass is 35.6. The SMILES string of the molecule is O=C(c1c[nH]c2ccc(Cl)cc12)C(Cl)(Cl)Cl. The number of nitrogens with one attached hydrogen (secondary N) is 1. The molecule has 0 fully saturated rings.